The molecule has 3 nitrogen and oxygen atoms in total. The van der Waals surface area contributed by atoms with Gasteiger partial charge >= 0.3 is 0 Å². The molecule has 0 fully saturated rings. The first kappa shape index (κ1) is 13.9. The highest BCUT2D eigenvalue weighted by atomic mass is 35.5. The van der Waals surface area contributed by atoms with E-state index < -0.39 is 0 Å². The Morgan fingerprint density at radius 2 is 2.15 bits per heavy atom. The first-order chi connectivity index (χ1) is 9.74. The normalized spacial score (nSPS) is 14.1. The van der Waals surface area contributed by atoms with E-state index in [0.717, 1.165) is 46.7 Å². The Hall–Kier alpha value is -1.10. The van der Waals surface area contributed by atoms with Crippen molar-refractivity contribution in [2.75, 3.05) is 6.54 Å². The summed E-state index contributed by atoms with van der Waals surface area (Å²) in [6, 6.07) is 7.88. The molecule has 2 heterocycles. The average Bonchev–Trinajstić information content (AvgIpc) is 2.46. The molecule has 20 heavy (non-hydrogen) atoms. The van der Waals surface area contributed by atoms with Gasteiger partial charge in [0, 0.05) is 35.7 Å². The number of hydrogen-bond acceptors (Lipinski definition) is 4. The summed E-state index contributed by atoms with van der Waals surface area (Å²) in [7, 11) is 0. The summed E-state index contributed by atoms with van der Waals surface area (Å²) in [5.74, 6) is 1.65. The van der Waals surface area contributed by atoms with Gasteiger partial charge in [-0.25, -0.2) is 9.97 Å². The standard InChI is InChI=1S/C15H16ClN3S/c1-10-11-8-17-7-6-13(11)19-15(18-10)9-20-14-5-3-2-4-12(14)16/h2-5,17H,6-9H2,1H3. The molecule has 1 aromatic carbocycles. The predicted octanol–water partition coefficient (Wildman–Crippen LogP) is 3.38. The molecule has 104 valence electrons. The number of nitrogens with zero attached hydrogens (tertiary/aromatic N) is 2. The zero-order valence-electron chi connectivity index (χ0n) is 11.3. The van der Waals surface area contributed by atoms with Crippen LogP contribution < -0.4 is 5.32 Å². The number of aromatic nitrogens is 2. The highest BCUT2D eigenvalue weighted by molar-refractivity contribution is 7.98. The Morgan fingerprint density at radius 3 is 3.00 bits per heavy atom. The lowest BCUT2D eigenvalue weighted by molar-refractivity contribution is 0.617. The fourth-order valence-corrected chi connectivity index (χ4v) is 3.44. The van der Waals surface area contributed by atoms with Crippen LogP contribution in [-0.4, -0.2) is 16.5 Å². The first-order valence-electron chi connectivity index (χ1n) is 6.67. The summed E-state index contributed by atoms with van der Waals surface area (Å²) in [5.41, 5.74) is 3.56. The summed E-state index contributed by atoms with van der Waals surface area (Å²) >= 11 is 7.85. The first-order valence-corrected chi connectivity index (χ1v) is 8.03. The van der Waals surface area contributed by atoms with Crippen molar-refractivity contribution in [1.82, 2.24) is 15.3 Å². The SMILES string of the molecule is Cc1nc(CSc2ccccc2Cl)nc2c1CNCC2. The average molecular weight is 306 g/mol. The minimum absolute atomic E-state index is 0.755. The van der Waals surface area contributed by atoms with Crippen LogP contribution in [0.3, 0.4) is 0 Å². The van der Waals surface area contributed by atoms with Crippen LogP contribution in [-0.2, 0) is 18.7 Å². The fraction of sp³-hybridized carbons (Fsp3) is 0.333. The molecule has 0 atom stereocenters. The number of aryl methyl sites for hydroxylation is 1. The quantitative estimate of drug-likeness (QED) is 0.882. The summed E-state index contributed by atoms with van der Waals surface area (Å²) in [4.78, 5) is 10.4. The van der Waals surface area contributed by atoms with Crippen molar-refractivity contribution < 1.29 is 0 Å². The maximum absolute atomic E-state index is 6.17. The number of hydrogen-bond donors (Lipinski definition) is 1. The molecule has 0 saturated carbocycles. The number of rotatable bonds is 3. The minimum atomic E-state index is 0.755. The highest BCUT2D eigenvalue weighted by Gasteiger charge is 2.15. The Morgan fingerprint density at radius 1 is 1.30 bits per heavy atom. The van der Waals surface area contributed by atoms with E-state index >= 15 is 0 Å². The van der Waals surface area contributed by atoms with E-state index in [-0.39, 0.29) is 0 Å². The molecule has 1 aliphatic rings. The Kier molecular flexibility index (Phi) is 4.24. The predicted molar refractivity (Wildman–Crippen MR) is 83.2 cm³/mol. The van der Waals surface area contributed by atoms with E-state index in [2.05, 4.69) is 17.2 Å². The molecule has 0 spiro atoms. The second-order valence-corrected chi connectivity index (χ2v) is 6.22. The number of halogens is 1. The molecule has 0 radical (unpaired) electrons. The number of fused-ring (bicyclic) bond motifs is 1. The third-order valence-corrected chi connectivity index (χ3v) is 4.89. The maximum Gasteiger partial charge on any atom is 0.139 e. The Balaban J connectivity index is 1.78. The van der Waals surface area contributed by atoms with Crippen LogP contribution in [0.5, 0.6) is 0 Å². The third-order valence-electron chi connectivity index (χ3n) is 3.38. The zero-order valence-corrected chi connectivity index (χ0v) is 12.9. The number of nitrogens with one attached hydrogen (secondary N) is 1. The summed E-state index contributed by atoms with van der Waals surface area (Å²) in [5, 5.41) is 4.15. The summed E-state index contributed by atoms with van der Waals surface area (Å²) < 4.78 is 0. The van der Waals surface area contributed by atoms with Crippen LogP contribution in [0, 0.1) is 6.92 Å². The Bertz CT molecular complexity index is 631. The van der Waals surface area contributed by atoms with Gasteiger partial charge in [-0.05, 0) is 19.1 Å². The zero-order chi connectivity index (χ0) is 13.9. The molecule has 5 heteroatoms. The molecule has 2 aromatic rings. The smallest absolute Gasteiger partial charge is 0.139 e. The number of benzene rings is 1. The van der Waals surface area contributed by atoms with Crippen molar-refractivity contribution in [2.45, 2.75) is 30.5 Å². The van der Waals surface area contributed by atoms with Gasteiger partial charge < -0.3 is 5.32 Å². The van der Waals surface area contributed by atoms with Crippen LogP contribution in [0.2, 0.25) is 5.02 Å². The molecule has 0 bridgehead atoms. The van der Waals surface area contributed by atoms with Crippen LogP contribution in [0.4, 0.5) is 0 Å². The van der Waals surface area contributed by atoms with Gasteiger partial charge in [0.15, 0.2) is 0 Å². The van der Waals surface area contributed by atoms with Crippen LogP contribution in [0.25, 0.3) is 0 Å². The van der Waals surface area contributed by atoms with Gasteiger partial charge in [-0.15, -0.1) is 11.8 Å². The van der Waals surface area contributed by atoms with Crippen molar-refractivity contribution >= 4 is 23.4 Å². The lowest BCUT2D eigenvalue weighted by atomic mass is 10.1. The molecule has 3 rings (SSSR count). The van der Waals surface area contributed by atoms with Gasteiger partial charge in [-0.1, -0.05) is 23.7 Å². The van der Waals surface area contributed by atoms with Gasteiger partial charge in [0.2, 0.25) is 0 Å². The van der Waals surface area contributed by atoms with Crippen molar-refractivity contribution in [3.05, 3.63) is 52.1 Å². The summed E-state index contributed by atoms with van der Waals surface area (Å²) in [6.45, 7) is 3.96. The lowest BCUT2D eigenvalue weighted by Gasteiger charge is -2.18. The molecular weight excluding hydrogens is 290 g/mol. The van der Waals surface area contributed by atoms with Crippen molar-refractivity contribution in [3.63, 3.8) is 0 Å². The highest BCUT2D eigenvalue weighted by Crippen LogP contribution is 2.29. The van der Waals surface area contributed by atoms with E-state index in [4.69, 9.17) is 16.6 Å². The van der Waals surface area contributed by atoms with E-state index in [1.165, 1.54) is 11.3 Å². The van der Waals surface area contributed by atoms with Gasteiger partial charge in [0.05, 0.1) is 16.5 Å². The number of thioether (sulfide) groups is 1. The molecule has 1 aromatic heterocycles. The molecule has 1 N–H and O–H groups in total. The maximum atomic E-state index is 6.17. The second kappa shape index (κ2) is 6.12. The molecule has 0 unspecified atom stereocenters. The van der Waals surface area contributed by atoms with E-state index in [9.17, 15) is 0 Å². The third kappa shape index (κ3) is 2.97. The van der Waals surface area contributed by atoms with Gasteiger partial charge in [-0.2, -0.15) is 0 Å². The fourth-order valence-electron chi connectivity index (χ4n) is 2.34. The van der Waals surface area contributed by atoms with Gasteiger partial charge in [0.1, 0.15) is 5.82 Å². The van der Waals surface area contributed by atoms with E-state index in [0.29, 0.717) is 0 Å². The second-order valence-electron chi connectivity index (χ2n) is 4.80. The lowest BCUT2D eigenvalue weighted by Crippen LogP contribution is -2.26. The van der Waals surface area contributed by atoms with Gasteiger partial charge in [-0.3, -0.25) is 0 Å². The molecular formula is C15H16ClN3S. The summed E-state index contributed by atoms with van der Waals surface area (Å²) in [6.07, 6.45) is 0.989. The van der Waals surface area contributed by atoms with Crippen LogP contribution in [0.15, 0.2) is 29.2 Å². The topological polar surface area (TPSA) is 37.8 Å². The Labute approximate surface area is 128 Å². The van der Waals surface area contributed by atoms with E-state index in [1.54, 1.807) is 11.8 Å². The molecule has 0 aliphatic carbocycles. The van der Waals surface area contributed by atoms with Crippen molar-refractivity contribution in [2.24, 2.45) is 0 Å². The molecule has 0 amide bonds. The molecule has 0 saturated heterocycles. The van der Waals surface area contributed by atoms with Gasteiger partial charge in [0.25, 0.3) is 0 Å². The van der Waals surface area contributed by atoms with Crippen LogP contribution in [0.1, 0.15) is 22.8 Å². The minimum Gasteiger partial charge on any atom is -0.312 e. The monoisotopic (exact) mass is 305 g/mol. The van der Waals surface area contributed by atoms with Crippen molar-refractivity contribution in [1.29, 1.82) is 0 Å². The van der Waals surface area contributed by atoms with Crippen LogP contribution >= 0.6 is 23.4 Å². The largest absolute Gasteiger partial charge is 0.312 e. The molecule has 1 aliphatic heterocycles. The van der Waals surface area contributed by atoms with Crippen molar-refractivity contribution in [3.8, 4) is 0 Å². The van der Waals surface area contributed by atoms with E-state index in [1.807, 2.05) is 24.3 Å².